The smallest absolute Gasteiger partial charge is 0.213 e. The molecular formula is C11H13Cl2NO3S. The molecule has 1 aliphatic rings. The average Bonchev–Trinajstić information content (AvgIpc) is 2.58. The zero-order valence-electron chi connectivity index (χ0n) is 9.98. The molecule has 0 saturated heterocycles. The fraction of sp³-hybridized carbons (Fsp3) is 0.455. The maximum atomic E-state index is 11.7. The Morgan fingerprint density at radius 3 is 2.56 bits per heavy atom. The van der Waals surface area contributed by atoms with Crippen LogP contribution < -0.4 is 0 Å². The summed E-state index contributed by atoms with van der Waals surface area (Å²) in [6, 6.07) is 3.36. The van der Waals surface area contributed by atoms with Crippen molar-refractivity contribution in [3.63, 3.8) is 0 Å². The number of nitrogens with zero attached hydrogens (tertiary/aromatic N) is 1. The van der Waals surface area contributed by atoms with Crippen molar-refractivity contribution in [1.82, 2.24) is 4.31 Å². The first-order valence-corrected chi connectivity index (χ1v) is 8.01. The largest absolute Gasteiger partial charge is 0.358 e. The number of hydrogen-bond acceptors (Lipinski definition) is 3. The van der Waals surface area contributed by atoms with Crippen molar-refractivity contribution < 1.29 is 13.2 Å². The molecule has 0 radical (unpaired) electrons. The molecule has 1 aromatic rings. The third-order valence-corrected chi connectivity index (χ3v) is 4.68. The van der Waals surface area contributed by atoms with E-state index in [4.69, 9.17) is 27.9 Å². The van der Waals surface area contributed by atoms with E-state index in [1.807, 2.05) is 6.92 Å². The summed E-state index contributed by atoms with van der Waals surface area (Å²) in [6.45, 7) is 2.49. The lowest BCUT2D eigenvalue weighted by Gasteiger charge is -2.22. The van der Waals surface area contributed by atoms with Gasteiger partial charge >= 0.3 is 0 Å². The van der Waals surface area contributed by atoms with Crippen LogP contribution in [0.2, 0.25) is 10.0 Å². The molecule has 0 amide bonds. The summed E-state index contributed by atoms with van der Waals surface area (Å²) >= 11 is 11.9. The second-order valence-corrected chi connectivity index (χ2v) is 6.83. The van der Waals surface area contributed by atoms with Gasteiger partial charge in [-0.1, -0.05) is 23.2 Å². The van der Waals surface area contributed by atoms with Gasteiger partial charge in [-0.05, 0) is 24.6 Å². The second-order valence-electron chi connectivity index (χ2n) is 4.08. The molecule has 1 unspecified atom stereocenters. The highest BCUT2D eigenvalue weighted by molar-refractivity contribution is 7.88. The minimum atomic E-state index is -3.35. The Hall–Kier alpha value is -0.330. The van der Waals surface area contributed by atoms with Crippen molar-refractivity contribution >= 4 is 33.2 Å². The van der Waals surface area contributed by atoms with E-state index >= 15 is 0 Å². The lowest BCUT2D eigenvalue weighted by Crippen LogP contribution is -2.30. The van der Waals surface area contributed by atoms with E-state index in [1.165, 1.54) is 4.31 Å². The Morgan fingerprint density at radius 2 is 2.00 bits per heavy atom. The van der Waals surface area contributed by atoms with E-state index in [2.05, 4.69) is 0 Å². The average molecular weight is 310 g/mol. The molecule has 18 heavy (non-hydrogen) atoms. The predicted molar refractivity (Wildman–Crippen MR) is 71.2 cm³/mol. The van der Waals surface area contributed by atoms with Crippen LogP contribution in [0.3, 0.4) is 0 Å². The molecule has 100 valence electrons. The Morgan fingerprint density at radius 1 is 1.39 bits per heavy atom. The van der Waals surface area contributed by atoms with E-state index in [1.54, 1.807) is 12.1 Å². The molecule has 1 aliphatic heterocycles. The molecule has 0 fully saturated rings. The first-order chi connectivity index (χ1) is 8.34. The highest BCUT2D eigenvalue weighted by Gasteiger charge is 2.37. The van der Waals surface area contributed by atoms with Gasteiger partial charge in [-0.2, -0.15) is 4.31 Å². The third-order valence-electron chi connectivity index (χ3n) is 2.79. The predicted octanol–water partition coefficient (Wildman–Crippen LogP) is 2.80. The van der Waals surface area contributed by atoms with Gasteiger partial charge in [0.25, 0.3) is 0 Å². The normalized spacial score (nSPS) is 20.1. The lowest BCUT2D eigenvalue weighted by molar-refractivity contribution is -0.00556. The number of ether oxygens (including phenoxy) is 1. The van der Waals surface area contributed by atoms with Gasteiger partial charge < -0.3 is 4.74 Å². The van der Waals surface area contributed by atoms with Gasteiger partial charge in [-0.3, -0.25) is 0 Å². The van der Waals surface area contributed by atoms with Crippen molar-refractivity contribution in [2.24, 2.45) is 0 Å². The standard InChI is InChI=1S/C11H13Cl2NO3S/c1-3-17-11-8-5-10(13)9(12)4-7(8)6-14(11)18(2,15)16/h4-5,11H,3,6H2,1-2H3. The summed E-state index contributed by atoms with van der Waals surface area (Å²) in [5.41, 5.74) is 1.59. The molecule has 2 rings (SSSR count). The van der Waals surface area contributed by atoms with Crippen LogP contribution in [0.4, 0.5) is 0 Å². The molecule has 0 saturated carbocycles. The molecular weight excluding hydrogens is 297 g/mol. The van der Waals surface area contributed by atoms with Gasteiger partial charge in [-0.15, -0.1) is 0 Å². The molecule has 7 heteroatoms. The number of sulfonamides is 1. The van der Waals surface area contributed by atoms with Crippen molar-refractivity contribution in [3.05, 3.63) is 33.3 Å². The Balaban J connectivity index is 2.50. The van der Waals surface area contributed by atoms with Crippen LogP contribution in [-0.4, -0.2) is 25.6 Å². The maximum Gasteiger partial charge on any atom is 0.213 e. The molecule has 4 nitrogen and oxygen atoms in total. The van der Waals surface area contributed by atoms with E-state index in [-0.39, 0.29) is 6.54 Å². The first kappa shape index (κ1) is 14.1. The number of fused-ring (bicyclic) bond motifs is 1. The quantitative estimate of drug-likeness (QED) is 0.862. The number of halogens is 2. The molecule has 0 spiro atoms. The molecule has 0 N–H and O–H groups in total. The van der Waals surface area contributed by atoms with Crippen LogP contribution in [0, 0.1) is 0 Å². The second kappa shape index (κ2) is 4.98. The van der Waals surface area contributed by atoms with Crippen LogP contribution >= 0.6 is 23.2 Å². The van der Waals surface area contributed by atoms with Gasteiger partial charge in [0.15, 0.2) is 0 Å². The molecule has 0 aliphatic carbocycles. The first-order valence-electron chi connectivity index (χ1n) is 5.40. The van der Waals surface area contributed by atoms with Crippen LogP contribution in [0.25, 0.3) is 0 Å². The summed E-state index contributed by atoms with van der Waals surface area (Å²) < 4.78 is 30.3. The van der Waals surface area contributed by atoms with Gasteiger partial charge in [0, 0.05) is 18.7 Å². The molecule has 0 bridgehead atoms. The van der Waals surface area contributed by atoms with Gasteiger partial charge in [0.1, 0.15) is 6.23 Å². The molecule has 1 atom stereocenters. The van der Waals surface area contributed by atoms with E-state index in [9.17, 15) is 8.42 Å². The number of hydrogen-bond donors (Lipinski definition) is 0. The Bertz CT molecular complexity index is 574. The van der Waals surface area contributed by atoms with Crippen LogP contribution in [0.5, 0.6) is 0 Å². The van der Waals surface area contributed by atoms with Crippen molar-refractivity contribution in [2.45, 2.75) is 19.7 Å². The lowest BCUT2D eigenvalue weighted by atomic mass is 10.1. The fourth-order valence-corrected chi connectivity index (χ4v) is 3.25. The SMILES string of the molecule is CCOC1c2cc(Cl)c(Cl)cc2CN1S(C)(=O)=O. The fourth-order valence-electron chi connectivity index (χ4n) is 2.00. The zero-order chi connectivity index (χ0) is 13.5. The molecule has 0 aromatic heterocycles. The van der Waals surface area contributed by atoms with E-state index in [0.717, 1.165) is 17.4 Å². The Labute approximate surface area is 116 Å². The summed E-state index contributed by atoms with van der Waals surface area (Å²) in [4.78, 5) is 0. The number of benzene rings is 1. The molecule has 1 heterocycles. The third kappa shape index (κ3) is 2.51. The van der Waals surface area contributed by atoms with E-state index in [0.29, 0.717) is 16.7 Å². The van der Waals surface area contributed by atoms with Crippen molar-refractivity contribution in [1.29, 1.82) is 0 Å². The van der Waals surface area contributed by atoms with Crippen LogP contribution in [0.15, 0.2) is 12.1 Å². The highest BCUT2D eigenvalue weighted by atomic mass is 35.5. The van der Waals surface area contributed by atoms with Gasteiger partial charge in [0.2, 0.25) is 10.0 Å². The van der Waals surface area contributed by atoms with Gasteiger partial charge in [0.05, 0.1) is 16.3 Å². The molecule has 1 aromatic carbocycles. The zero-order valence-corrected chi connectivity index (χ0v) is 12.3. The van der Waals surface area contributed by atoms with Crippen molar-refractivity contribution in [3.8, 4) is 0 Å². The Kier molecular flexibility index (Phi) is 3.90. The van der Waals surface area contributed by atoms with Crippen molar-refractivity contribution in [2.75, 3.05) is 12.9 Å². The van der Waals surface area contributed by atoms with E-state index < -0.39 is 16.3 Å². The minimum Gasteiger partial charge on any atom is -0.358 e. The van der Waals surface area contributed by atoms with Crippen LogP contribution in [0.1, 0.15) is 24.3 Å². The monoisotopic (exact) mass is 309 g/mol. The summed E-state index contributed by atoms with van der Waals surface area (Å²) in [7, 11) is -3.35. The van der Waals surface area contributed by atoms with Crippen LogP contribution in [-0.2, 0) is 21.3 Å². The highest BCUT2D eigenvalue weighted by Crippen LogP contribution is 2.40. The maximum absolute atomic E-state index is 11.7. The topological polar surface area (TPSA) is 46.6 Å². The number of rotatable bonds is 3. The summed E-state index contributed by atoms with van der Waals surface area (Å²) in [5, 5.41) is 0.816. The summed E-state index contributed by atoms with van der Waals surface area (Å²) in [5.74, 6) is 0. The minimum absolute atomic E-state index is 0.260. The summed E-state index contributed by atoms with van der Waals surface area (Å²) in [6.07, 6.45) is 0.545. The van der Waals surface area contributed by atoms with Gasteiger partial charge in [-0.25, -0.2) is 8.42 Å².